The number of rotatable bonds is 3. The van der Waals surface area contributed by atoms with Crippen LogP contribution in [-0.4, -0.2) is 0 Å². The summed E-state index contributed by atoms with van der Waals surface area (Å²) in [6, 6.07) is 12.5. The highest BCUT2D eigenvalue weighted by molar-refractivity contribution is 5.30. The Hall–Kier alpha value is -1.29. The summed E-state index contributed by atoms with van der Waals surface area (Å²) in [5.74, 6) is 0.542. The third-order valence-corrected chi connectivity index (χ3v) is 2.47. The van der Waals surface area contributed by atoms with E-state index < -0.39 is 0 Å². The molecule has 0 saturated carbocycles. The first kappa shape index (κ1) is 10.8. The van der Waals surface area contributed by atoms with E-state index >= 15 is 0 Å². The van der Waals surface area contributed by atoms with Crippen molar-refractivity contribution in [1.29, 1.82) is 5.26 Å². The van der Waals surface area contributed by atoms with E-state index in [1.165, 1.54) is 0 Å². The molecule has 0 aliphatic carbocycles. The zero-order valence-electron chi connectivity index (χ0n) is 9.12. The van der Waals surface area contributed by atoms with Crippen LogP contribution in [0.2, 0.25) is 0 Å². The fourth-order valence-electron chi connectivity index (χ4n) is 1.85. The van der Waals surface area contributed by atoms with Crippen molar-refractivity contribution < 1.29 is 0 Å². The van der Waals surface area contributed by atoms with Crippen LogP contribution in [0.25, 0.3) is 0 Å². The maximum atomic E-state index is 9.24. The molecule has 0 radical (unpaired) electrons. The minimum absolute atomic E-state index is 0.338. The Balaban J connectivity index is 2.98. The van der Waals surface area contributed by atoms with Crippen LogP contribution in [-0.2, 0) is 5.41 Å². The van der Waals surface area contributed by atoms with Crippen LogP contribution in [0, 0.1) is 17.2 Å². The summed E-state index contributed by atoms with van der Waals surface area (Å²) in [4.78, 5) is 0. The van der Waals surface area contributed by atoms with Crippen LogP contribution < -0.4 is 0 Å². The molecule has 1 nitrogen and oxygen atoms in total. The van der Waals surface area contributed by atoms with E-state index in [0.29, 0.717) is 5.92 Å². The van der Waals surface area contributed by atoms with E-state index in [-0.39, 0.29) is 5.41 Å². The molecular formula is C13H17N. The molecule has 1 atom stereocenters. The van der Waals surface area contributed by atoms with Gasteiger partial charge in [-0.1, -0.05) is 44.2 Å². The minimum Gasteiger partial charge on any atom is -0.197 e. The van der Waals surface area contributed by atoms with Crippen molar-refractivity contribution in [2.24, 2.45) is 5.92 Å². The quantitative estimate of drug-likeness (QED) is 0.710. The van der Waals surface area contributed by atoms with Crippen molar-refractivity contribution in [2.75, 3.05) is 0 Å². The first-order chi connectivity index (χ1) is 6.58. The van der Waals surface area contributed by atoms with E-state index in [9.17, 15) is 5.26 Å². The lowest BCUT2D eigenvalue weighted by atomic mass is 9.77. The highest BCUT2D eigenvalue weighted by Crippen LogP contribution is 2.29. The van der Waals surface area contributed by atoms with Gasteiger partial charge in [0.05, 0.1) is 11.5 Å². The SMILES string of the molecule is CC(C)CC(C)(C#N)c1ccccc1. The minimum atomic E-state index is -0.338. The summed E-state index contributed by atoms with van der Waals surface area (Å²) < 4.78 is 0. The monoisotopic (exact) mass is 187 g/mol. The fraction of sp³-hybridized carbons (Fsp3) is 0.462. The van der Waals surface area contributed by atoms with Gasteiger partial charge in [0.15, 0.2) is 0 Å². The van der Waals surface area contributed by atoms with Gasteiger partial charge in [0.1, 0.15) is 0 Å². The van der Waals surface area contributed by atoms with Crippen LogP contribution in [0.5, 0.6) is 0 Å². The van der Waals surface area contributed by atoms with Gasteiger partial charge in [0.25, 0.3) is 0 Å². The molecule has 74 valence electrons. The highest BCUT2D eigenvalue weighted by Gasteiger charge is 2.26. The first-order valence-corrected chi connectivity index (χ1v) is 5.05. The number of nitrogens with zero attached hydrogens (tertiary/aromatic N) is 1. The second-order valence-corrected chi connectivity index (χ2v) is 4.41. The van der Waals surface area contributed by atoms with Gasteiger partial charge < -0.3 is 0 Å². The molecule has 1 rings (SSSR count). The van der Waals surface area contributed by atoms with Crippen LogP contribution in [0.3, 0.4) is 0 Å². The van der Waals surface area contributed by atoms with E-state index in [0.717, 1.165) is 12.0 Å². The standard InChI is InChI=1S/C13H17N/c1-11(2)9-13(3,10-14)12-7-5-4-6-8-12/h4-8,11H,9H2,1-3H3. The third kappa shape index (κ3) is 2.35. The maximum Gasteiger partial charge on any atom is 0.0796 e. The van der Waals surface area contributed by atoms with Gasteiger partial charge in [-0.25, -0.2) is 0 Å². The molecule has 14 heavy (non-hydrogen) atoms. The number of hydrogen-bond acceptors (Lipinski definition) is 1. The summed E-state index contributed by atoms with van der Waals surface area (Å²) in [6.45, 7) is 6.32. The van der Waals surface area contributed by atoms with E-state index in [4.69, 9.17) is 0 Å². The normalized spacial score (nSPS) is 14.8. The number of hydrogen-bond donors (Lipinski definition) is 0. The fourth-order valence-corrected chi connectivity index (χ4v) is 1.85. The Bertz CT molecular complexity index is 321. The van der Waals surface area contributed by atoms with Crippen LogP contribution in [0.1, 0.15) is 32.8 Å². The Morgan fingerprint density at radius 2 is 1.86 bits per heavy atom. The molecule has 0 aliphatic rings. The Kier molecular flexibility index (Phi) is 3.30. The van der Waals surface area contributed by atoms with Gasteiger partial charge in [-0.3, -0.25) is 0 Å². The predicted molar refractivity (Wildman–Crippen MR) is 58.9 cm³/mol. The molecule has 1 heteroatoms. The zero-order valence-corrected chi connectivity index (χ0v) is 9.12. The van der Waals surface area contributed by atoms with Crippen molar-refractivity contribution in [1.82, 2.24) is 0 Å². The predicted octanol–water partition coefficient (Wildman–Crippen LogP) is 3.51. The topological polar surface area (TPSA) is 23.8 Å². The third-order valence-electron chi connectivity index (χ3n) is 2.47. The first-order valence-electron chi connectivity index (χ1n) is 5.05. The zero-order chi connectivity index (χ0) is 10.6. The van der Waals surface area contributed by atoms with Gasteiger partial charge in [0, 0.05) is 0 Å². The lowest BCUT2D eigenvalue weighted by Gasteiger charge is -2.23. The summed E-state index contributed by atoms with van der Waals surface area (Å²) in [5.41, 5.74) is 0.784. The summed E-state index contributed by atoms with van der Waals surface area (Å²) in [7, 11) is 0. The Morgan fingerprint density at radius 1 is 1.29 bits per heavy atom. The van der Waals surface area contributed by atoms with Gasteiger partial charge in [-0.05, 0) is 24.8 Å². The van der Waals surface area contributed by atoms with E-state index in [2.05, 4.69) is 19.9 Å². The highest BCUT2D eigenvalue weighted by atomic mass is 14.4. The molecular weight excluding hydrogens is 170 g/mol. The summed E-state index contributed by atoms with van der Waals surface area (Å²) in [5, 5.41) is 9.24. The summed E-state index contributed by atoms with van der Waals surface area (Å²) in [6.07, 6.45) is 0.910. The Labute approximate surface area is 86.4 Å². The number of nitriles is 1. The second kappa shape index (κ2) is 4.28. The molecule has 1 aromatic rings. The molecule has 0 aliphatic heterocycles. The van der Waals surface area contributed by atoms with E-state index in [1.807, 2.05) is 37.3 Å². The molecule has 0 bridgehead atoms. The van der Waals surface area contributed by atoms with Crippen molar-refractivity contribution >= 4 is 0 Å². The Morgan fingerprint density at radius 3 is 2.29 bits per heavy atom. The lowest BCUT2D eigenvalue weighted by molar-refractivity contribution is 0.449. The van der Waals surface area contributed by atoms with Gasteiger partial charge in [0.2, 0.25) is 0 Å². The molecule has 0 aromatic heterocycles. The average molecular weight is 187 g/mol. The average Bonchev–Trinajstić information content (AvgIpc) is 2.18. The molecule has 1 unspecified atom stereocenters. The molecule has 0 spiro atoms. The van der Waals surface area contributed by atoms with E-state index in [1.54, 1.807) is 0 Å². The van der Waals surface area contributed by atoms with Crippen LogP contribution in [0.15, 0.2) is 30.3 Å². The molecule has 0 fully saturated rings. The molecule has 0 heterocycles. The summed E-state index contributed by atoms with van der Waals surface area (Å²) >= 11 is 0. The molecule has 0 amide bonds. The second-order valence-electron chi connectivity index (χ2n) is 4.41. The largest absolute Gasteiger partial charge is 0.197 e. The molecule has 1 aromatic carbocycles. The lowest BCUT2D eigenvalue weighted by Crippen LogP contribution is -2.21. The molecule has 0 N–H and O–H groups in total. The smallest absolute Gasteiger partial charge is 0.0796 e. The van der Waals surface area contributed by atoms with Gasteiger partial charge in [-0.2, -0.15) is 5.26 Å². The van der Waals surface area contributed by atoms with Crippen LogP contribution >= 0.6 is 0 Å². The maximum absolute atomic E-state index is 9.24. The van der Waals surface area contributed by atoms with Gasteiger partial charge in [-0.15, -0.1) is 0 Å². The van der Waals surface area contributed by atoms with Crippen molar-refractivity contribution in [3.8, 4) is 6.07 Å². The van der Waals surface area contributed by atoms with Crippen molar-refractivity contribution in [2.45, 2.75) is 32.6 Å². The number of benzene rings is 1. The van der Waals surface area contributed by atoms with Crippen LogP contribution in [0.4, 0.5) is 0 Å². The van der Waals surface area contributed by atoms with Crippen molar-refractivity contribution in [3.63, 3.8) is 0 Å². The van der Waals surface area contributed by atoms with Crippen molar-refractivity contribution in [3.05, 3.63) is 35.9 Å². The van der Waals surface area contributed by atoms with Gasteiger partial charge >= 0.3 is 0 Å². The molecule has 0 saturated heterocycles.